The maximum Gasteiger partial charge on any atom is 0.168 e. The van der Waals surface area contributed by atoms with Crippen LogP contribution in [0.4, 0.5) is 0 Å². The molecule has 0 spiro atoms. The minimum Gasteiger partial charge on any atom is -0.374 e. The second kappa shape index (κ2) is 14.7. The molecule has 5 nitrogen and oxygen atoms in total. The molecule has 0 saturated carbocycles. The van der Waals surface area contributed by atoms with E-state index in [4.69, 9.17) is 35.3 Å². The van der Waals surface area contributed by atoms with Crippen LogP contribution in [0.2, 0.25) is 0 Å². The largest absolute Gasteiger partial charge is 0.374 e. The van der Waals surface area contributed by atoms with Crippen molar-refractivity contribution in [2.24, 2.45) is 0 Å². The number of alkyl halides is 1. The minimum atomic E-state index is -1.18. The van der Waals surface area contributed by atoms with Gasteiger partial charge in [-0.15, -0.1) is 0 Å². The average molecular weight is 573 g/mol. The quantitative estimate of drug-likeness (QED) is 0.157. The van der Waals surface area contributed by atoms with E-state index in [9.17, 15) is 0 Å². The van der Waals surface area contributed by atoms with Crippen LogP contribution in [0.25, 0.3) is 0 Å². The zero-order chi connectivity index (χ0) is 28.3. The number of hydrogen-bond donors (Lipinski definition) is 0. The smallest absolute Gasteiger partial charge is 0.168 e. The van der Waals surface area contributed by atoms with Crippen molar-refractivity contribution in [1.82, 2.24) is 0 Å². The minimum absolute atomic E-state index is 0.285. The average Bonchev–Trinajstić information content (AvgIpc) is 3.01. The Bertz CT molecular complexity index is 1290. The zero-order valence-electron chi connectivity index (χ0n) is 23.3. The monoisotopic (exact) mass is 572 g/mol. The van der Waals surface area contributed by atoms with Gasteiger partial charge in [0.05, 0.1) is 33.0 Å². The van der Waals surface area contributed by atoms with Gasteiger partial charge in [-0.25, -0.2) is 0 Å². The third-order valence-corrected chi connectivity index (χ3v) is 7.42. The molecule has 1 saturated heterocycles. The van der Waals surface area contributed by atoms with Gasteiger partial charge in [0, 0.05) is 0 Å². The van der Waals surface area contributed by atoms with Crippen LogP contribution in [0.3, 0.4) is 0 Å². The van der Waals surface area contributed by atoms with Gasteiger partial charge in [0.25, 0.3) is 0 Å². The van der Waals surface area contributed by atoms with Crippen molar-refractivity contribution >= 4 is 11.6 Å². The normalized spacial score (nSPS) is 24.2. The summed E-state index contributed by atoms with van der Waals surface area (Å²) in [5.41, 5.74) is 4.23. The molecule has 41 heavy (non-hydrogen) atoms. The first kappa shape index (κ1) is 29.5. The topological polar surface area (TPSA) is 46.2 Å². The van der Waals surface area contributed by atoms with Gasteiger partial charge in [-0.3, -0.25) is 0 Å². The molecular weight excluding hydrogens is 536 g/mol. The first-order valence-corrected chi connectivity index (χ1v) is 14.4. The van der Waals surface area contributed by atoms with Crippen LogP contribution < -0.4 is 0 Å². The Morgan fingerprint density at radius 1 is 0.561 bits per heavy atom. The zero-order valence-corrected chi connectivity index (χ0v) is 24.1. The fourth-order valence-electron chi connectivity index (χ4n) is 5.03. The van der Waals surface area contributed by atoms with E-state index in [0.717, 1.165) is 22.3 Å². The molecule has 4 aromatic carbocycles. The molecule has 6 heteroatoms. The van der Waals surface area contributed by atoms with Crippen molar-refractivity contribution in [2.75, 3.05) is 6.61 Å². The summed E-state index contributed by atoms with van der Waals surface area (Å²) in [4.78, 5) is 0. The van der Waals surface area contributed by atoms with E-state index in [1.165, 1.54) is 0 Å². The van der Waals surface area contributed by atoms with Gasteiger partial charge in [0.2, 0.25) is 0 Å². The highest BCUT2D eigenvalue weighted by Crippen LogP contribution is 2.39. The highest BCUT2D eigenvalue weighted by Gasteiger charge is 2.53. The van der Waals surface area contributed by atoms with Crippen molar-refractivity contribution in [3.05, 3.63) is 144 Å². The summed E-state index contributed by atoms with van der Waals surface area (Å²) in [7, 11) is 0. The summed E-state index contributed by atoms with van der Waals surface area (Å²) >= 11 is 7.12. The van der Waals surface area contributed by atoms with Gasteiger partial charge in [0.1, 0.15) is 24.4 Å². The Balaban J connectivity index is 1.39. The third kappa shape index (κ3) is 8.49. The second-order valence-corrected chi connectivity index (χ2v) is 11.1. The van der Waals surface area contributed by atoms with E-state index in [1.54, 1.807) is 0 Å². The molecule has 5 atom stereocenters. The number of hydrogen-bond acceptors (Lipinski definition) is 5. The van der Waals surface area contributed by atoms with E-state index in [2.05, 4.69) is 0 Å². The van der Waals surface area contributed by atoms with Gasteiger partial charge in [-0.05, 0) is 29.2 Å². The molecule has 5 rings (SSSR count). The number of benzene rings is 4. The van der Waals surface area contributed by atoms with Crippen LogP contribution in [0.5, 0.6) is 0 Å². The van der Waals surface area contributed by atoms with E-state index < -0.39 is 29.5 Å². The molecule has 1 aliphatic heterocycles. The lowest BCUT2D eigenvalue weighted by atomic mass is 9.94. The molecule has 0 N–H and O–H groups in total. The lowest BCUT2D eigenvalue weighted by molar-refractivity contribution is -0.281. The van der Waals surface area contributed by atoms with Crippen LogP contribution in [0, 0.1) is 0 Å². The lowest BCUT2D eigenvalue weighted by Gasteiger charge is -2.49. The van der Waals surface area contributed by atoms with Crippen molar-refractivity contribution in [3.63, 3.8) is 0 Å². The molecule has 0 amide bonds. The van der Waals surface area contributed by atoms with Crippen molar-refractivity contribution in [1.29, 1.82) is 0 Å². The predicted molar refractivity (Wildman–Crippen MR) is 160 cm³/mol. The summed E-state index contributed by atoms with van der Waals surface area (Å²) in [5.74, 6) is 0. The summed E-state index contributed by atoms with van der Waals surface area (Å²) in [5, 5.41) is -1.18. The number of rotatable bonds is 13. The Morgan fingerprint density at radius 2 is 0.951 bits per heavy atom. The molecule has 214 valence electrons. The van der Waals surface area contributed by atoms with Crippen molar-refractivity contribution < 1.29 is 23.7 Å². The van der Waals surface area contributed by atoms with Crippen LogP contribution in [-0.2, 0) is 50.1 Å². The maximum atomic E-state index is 7.12. The van der Waals surface area contributed by atoms with Crippen molar-refractivity contribution in [2.45, 2.75) is 62.8 Å². The standard InChI is InChI=1S/C35H37ClO5/c1-35(36)34(40-25-30-20-12-5-13-21-30)33(39-24-29-18-10-4-11-19-29)32(38-23-28-16-8-3-9-17-28)31(41-35)26-37-22-27-14-6-2-7-15-27/h2-21,31-34H,22-26H2,1H3/t31-,32-,33+,34-,35?/m1/s1. The van der Waals surface area contributed by atoms with Gasteiger partial charge in [-0.2, -0.15) is 0 Å². The van der Waals surface area contributed by atoms with Gasteiger partial charge in [-0.1, -0.05) is 133 Å². The predicted octanol–water partition coefficient (Wildman–Crippen LogP) is 7.31. The summed E-state index contributed by atoms with van der Waals surface area (Å²) in [6, 6.07) is 40.2. The van der Waals surface area contributed by atoms with Crippen LogP contribution in [0.15, 0.2) is 121 Å². The van der Waals surface area contributed by atoms with Crippen molar-refractivity contribution in [3.8, 4) is 0 Å². The SMILES string of the molecule is CC1(Cl)O[C@H](COCc2ccccc2)[C@@H](OCc2ccccc2)[C@H](OCc2ccccc2)[C@H]1OCc1ccccc1. The molecular formula is C35H37ClO5. The Labute approximate surface area is 247 Å². The molecule has 1 fully saturated rings. The van der Waals surface area contributed by atoms with E-state index in [-0.39, 0.29) is 6.61 Å². The number of ether oxygens (including phenoxy) is 5. The molecule has 0 aromatic heterocycles. The number of halogens is 1. The fraction of sp³-hybridized carbons (Fsp3) is 0.314. The Morgan fingerprint density at radius 3 is 1.41 bits per heavy atom. The Kier molecular flexibility index (Phi) is 10.6. The summed E-state index contributed by atoms with van der Waals surface area (Å²) < 4.78 is 32.4. The van der Waals surface area contributed by atoms with E-state index in [1.807, 2.05) is 128 Å². The van der Waals surface area contributed by atoms with Crippen LogP contribution in [-0.4, -0.2) is 36.1 Å². The van der Waals surface area contributed by atoms with Crippen LogP contribution >= 0.6 is 11.6 Å². The molecule has 0 aliphatic carbocycles. The van der Waals surface area contributed by atoms with Gasteiger partial charge < -0.3 is 23.7 Å². The molecule has 1 aliphatic rings. The fourth-order valence-corrected chi connectivity index (χ4v) is 5.33. The summed E-state index contributed by atoms with van der Waals surface area (Å²) in [6.45, 7) is 3.71. The van der Waals surface area contributed by atoms with Crippen LogP contribution in [0.1, 0.15) is 29.2 Å². The molecule has 0 radical (unpaired) electrons. The lowest BCUT2D eigenvalue weighted by Crippen LogP contribution is -2.64. The third-order valence-electron chi connectivity index (χ3n) is 7.12. The van der Waals surface area contributed by atoms with Gasteiger partial charge >= 0.3 is 0 Å². The van der Waals surface area contributed by atoms with Gasteiger partial charge in [0.15, 0.2) is 5.06 Å². The first-order chi connectivity index (χ1) is 20.1. The molecule has 0 bridgehead atoms. The highest BCUT2D eigenvalue weighted by atomic mass is 35.5. The first-order valence-electron chi connectivity index (χ1n) is 14.0. The molecule has 1 heterocycles. The van der Waals surface area contributed by atoms with E-state index in [0.29, 0.717) is 26.4 Å². The second-order valence-electron chi connectivity index (χ2n) is 10.4. The molecule has 4 aromatic rings. The summed E-state index contributed by atoms with van der Waals surface area (Å²) in [6.07, 6.45) is -2.12. The highest BCUT2D eigenvalue weighted by molar-refractivity contribution is 6.23. The van der Waals surface area contributed by atoms with E-state index >= 15 is 0 Å². The maximum absolute atomic E-state index is 7.12. The Hall–Kier alpha value is -3.03. The molecule has 1 unspecified atom stereocenters.